The van der Waals surface area contributed by atoms with Crippen LogP contribution in [-0.4, -0.2) is 9.97 Å². The molecular weight excluding hydrogens is 761 g/mol. The second kappa shape index (κ2) is 22.3. The van der Waals surface area contributed by atoms with E-state index >= 15 is 0 Å². The van der Waals surface area contributed by atoms with Crippen molar-refractivity contribution in [3.63, 3.8) is 0 Å². The number of allylic oxidation sites excluding steroid dienone is 6. The number of rotatable bonds is 7. The summed E-state index contributed by atoms with van der Waals surface area (Å²) in [4.78, 5) is 9.85. The van der Waals surface area contributed by atoms with Crippen molar-refractivity contribution in [2.75, 3.05) is 0 Å². The summed E-state index contributed by atoms with van der Waals surface area (Å²) in [5, 5.41) is 5.26. The van der Waals surface area contributed by atoms with Gasteiger partial charge < -0.3 is 0 Å². The molecule has 0 fully saturated rings. The Balaban J connectivity index is 0.000000216. The predicted molar refractivity (Wildman–Crippen MR) is 278 cm³/mol. The first-order valence-electron chi connectivity index (χ1n) is 22.1. The molecule has 0 atom stereocenters. The topological polar surface area (TPSA) is 25.8 Å². The highest BCUT2D eigenvalue weighted by atomic mass is 14.8. The summed E-state index contributed by atoms with van der Waals surface area (Å²) in [5.74, 6) is 0. The summed E-state index contributed by atoms with van der Waals surface area (Å²) in [6, 6.07) is 49.9. The average Bonchev–Trinajstić information content (AvgIpc) is 3.30. The van der Waals surface area contributed by atoms with Crippen LogP contribution in [0.1, 0.15) is 74.0 Å². The molecule has 0 saturated heterocycles. The minimum absolute atomic E-state index is 0.927. The highest BCUT2D eigenvalue weighted by Crippen LogP contribution is 2.43. The second-order valence-electron chi connectivity index (χ2n) is 15.8. The number of aromatic nitrogens is 2. The number of aryl methyl sites for hydroxylation is 4. The molecule has 0 saturated carbocycles. The van der Waals surface area contributed by atoms with Crippen molar-refractivity contribution >= 4 is 27.1 Å². The van der Waals surface area contributed by atoms with Crippen molar-refractivity contribution in [1.82, 2.24) is 9.97 Å². The maximum atomic E-state index is 4.93. The Kier molecular flexibility index (Phi) is 16.7. The van der Waals surface area contributed by atoms with Gasteiger partial charge in [0.25, 0.3) is 0 Å². The summed E-state index contributed by atoms with van der Waals surface area (Å²) < 4.78 is 0. The van der Waals surface area contributed by atoms with Crippen LogP contribution in [0.25, 0.3) is 71.8 Å². The van der Waals surface area contributed by atoms with Gasteiger partial charge in [0.2, 0.25) is 0 Å². The molecule has 2 nitrogen and oxygen atoms in total. The molecule has 63 heavy (non-hydrogen) atoms. The van der Waals surface area contributed by atoms with E-state index < -0.39 is 0 Å². The van der Waals surface area contributed by atoms with Crippen LogP contribution >= 0.6 is 0 Å². The lowest BCUT2D eigenvalue weighted by atomic mass is 9.82. The van der Waals surface area contributed by atoms with Crippen molar-refractivity contribution in [1.29, 1.82) is 0 Å². The first kappa shape index (κ1) is 47.2. The number of nitrogens with zero attached hydrogens (tertiary/aromatic N) is 2. The largest absolute Gasteiger partial charge is 0.249 e. The zero-order valence-corrected chi connectivity index (χ0v) is 39.4. The molecule has 1 aromatic heterocycles. The average molecular weight is 825 g/mol. The second-order valence-corrected chi connectivity index (χ2v) is 15.8. The van der Waals surface area contributed by atoms with E-state index in [0.29, 0.717) is 0 Å². The third-order valence-corrected chi connectivity index (χ3v) is 11.2. The van der Waals surface area contributed by atoms with Crippen molar-refractivity contribution in [3.05, 3.63) is 222 Å². The van der Waals surface area contributed by atoms with Crippen LogP contribution in [0.2, 0.25) is 0 Å². The van der Waals surface area contributed by atoms with Crippen LogP contribution < -0.4 is 0 Å². The lowest BCUT2D eigenvalue weighted by Gasteiger charge is -2.21. The van der Waals surface area contributed by atoms with Gasteiger partial charge in [-0.1, -0.05) is 178 Å². The molecular formula is C61H64N2. The van der Waals surface area contributed by atoms with Gasteiger partial charge in [0, 0.05) is 11.1 Å². The highest BCUT2D eigenvalue weighted by molar-refractivity contribution is 6.09. The van der Waals surface area contributed by atoms with Crippen molar-refractivity contribution < 1.29 is 0 Å². The Morgan fingerprint density at radius 3 is 1.63 bits per heavy atom. The zero-order chi connectivity index (χ0) is 45.6. The van der Waals surface area contributed by atoms with Crippen LogP contribution in [0.3, 0.4) is 0 Å². The fourth-order valence-corrected chi connectivity index (χ4v) is 8.12. The molecule has 0 unspecified atom stereocenters. The molecule has 0 spiro atoms. The number of hydrogen-bond donors (Lipinski definition) is 0. The molecule has 0 aliphatic carbocycles. The van der Waals surface area contributed by atoms with Crippen LogP contribution in [0, 0.1) is 41.5 Å². The zero-order valence-electron chi connectivity index (χ0n) is 39.4. The van der Waals surface area contributed by atoms with E-state index in [1.807, 2.05) is 46.8 Å². The van der Waals surface area contributed by atoms with Crippen LogP contribution in [0.15, 0.2) is 183 Å². The van der Waals surface area contributed by atoms with Gasteiger partial charge in [-0.15, -0.1) is 6.58 Å². The summed E-state index contributed by atoms with van der Waals surface area (Å²) in [6.45, 7) is 30.3. The Hall–Kier alpha value is -6.90. The molecule has 7 aromatic carbocycles. The van der Waals surface area contributed by atoms with E-state index in [1.54, 1.807) is 12.2 Å². The molecule has 1 heterocycles. The lowest BCUT2D eigenvalue weighted by Crippen LogP contribution is -2.02. The van der Waals surface area contributed by atoms with Gasteiger partial charge >= 0.3 is 0 Å². The maximum Gasteiger partial charge on any atom is 0.0918 e. The highest BCUT2D eigenvalue weighted by Gasteiger charge is 2.19. The van der Waals surface area contributed by atoms with Gasteiger partial charge in [0.15, 0.2) is 0 Å². The minimum atomic E-state index is 0.927. The molecule has 0 aliphatic heterocycles. The fourth-order valence-electron chi connectivity index (χ4n) is 8.12. The summed E-state index contributed by atoms with van der Waals surface area (Å²) in [5.41, 5.74) is 20.2. The van der Waals surface area contributed by atoms with Crippen molar-refractivity contribution in [3.8, 4) is 44.6 Å². The summed E-state index contributed by atoms with van der Waals surface area (Å²) in [7, 11) is 0. The standard InChI is InChI=1S/C30H26.C26H26N2.C3H6.C2H6/c1-19-11-5-8-14-25(19)29-21(3)22(4)30(27-16-10-9-15-26(27)29)28-18-24-13-7-6-12-23(24)17-20(28)2;1-6-7-16-24(18(2)3)26-20(5)27-25(19(4)28-26)23-15-11-14-22(17-23)21-12-9-8-10-13-21;1-3-2;1-2/h5-18H,1-4H3;6-17H,1H2,2-5H3;3H,1H2,2H3;1-2H3/b;16-7-;;. The van der Waals surface area contributed by atoms with Crippen LogP contribution in [-0.2, 0) is 0 Å². The molecule has 0 N–H and O–H groups in total. The molecule has 0 radical (unpaired) electrons. The molecule has 0 bridgehead atoms. The van der Waals surface area contributed by atoms with E-state index in [2.05, 4.69) is 194 Å². The first-order valence-corrected chi connectivity index (χ1v) is 22.1. The number of hydrogen-bond acceptors (Lipinski definition) is 2. The van der Waals surface area contributed by atoms with Gasteiger partial charge in [-0.3, -0.25) is 0 Å². The first-order chi connectivity index (χ1) is 30.5. The fraction of sp³-hybridized carbons (Fsp3) is 0.180. The van der Waals surface area contributed by atoms with Crippen LogP contribution in [0.4, 0.5) is 0 Å². The third-order valence-electron chi connectivity index (χ3n) is 11.2. The Bertz CT molecular complexity index is 2920. The smallest absolute Gasteiger partial charge is 0.0918 e. The van der Waals surface area contributed by atoms with Crippen LogP contribution in [0.5, 0.6) is 0 Å². The lowest BCUT2D eigenvalue weighted by molar-refractivity contribution is 1.04. The maximum absolute atomic E-state index is 4.93. The molecule has 0 aliphatic rings. The van der Waals surface area contributed by atoms with E-state index in [4.69, 9.17) is 9.97 Å². The predicted octanol–water partition coefficient (Wildman–Crippen LogP) is 17.7. The Labute approximate surface area is 378 Å². The molecule has 2 heteroatoms. The van der Waals surface area contributed by atoms with Crippen molar-refractivity contribution in [2.24, 2.45) is 0 Å². The van der Waals surface area contributed by atoms with Gasteiger partial charge in [0.1, 0.15) is 0 Å². The van der Waals surface area contributed by atoms with Gasteiger partial charge in [-0.05, 0) is 152 Å². The SMILES string of the molecule is C=C/C=C\C(=C(C)C)c1nc(C)c(-c2cccc(-c3ccccc3)c2)nc1C.C=CC.CC.Cc1ccccc1-c1c(C)c(C)c(-c2cc3ccccc3cc2C)c2ccccc12. The number of benzene rings is 7. The third kappa shape index (κ3) is 10.8. The number of fused-ring (bicyclic) bond motifs is 2. The van der Waals surface area contributed by atoms with Gasteiger partial charge in [-0.2, -0.15) is 0 Å². The van der Waals surface area contributed by atoms with Crippen molar-refractivity contribution in [2.45, 2.75) is 76.2 Å². The van der Waals surface area contributed by atoms with E-state index in [9.17, 15) is 0 Å². The monoisotopic (exact) mass is 825 g/mol. The Morgan fingerprint density at radius 2 is 1.03 bits per heavy atom. The van der Waals surface area contributed by atoms with E-state index in [1.165, 1.54) is 82.8 Å². The molecule has 8 aromatic rings. The molecule has 318 valence electrons. The summed E-state index contributed by atoms with van der Waals surface area (Å²) in [6.07, 6.45) is 7.52. The quantitative estimate of drug-likeness (QED) is 0.118. The normalized spacial score (nSPS) is 10.5. The molecule has 8 rings (SSSR count). The van der Waals surface area contributed by atoms with Gasteiger partial charge in [0.05, 0.1) is 22.8 Å². The van der Waals surface area contributed by atoms with E-state index in [-0.39, 0.29) is 0 Å². The minimum Gasteiger partial charge on any atom is -0.249 e. The summed E-state index contributed by atoms with van der Waals surface area (Å²) >= 11 is 0. The molecule has 0 amide bonds. The van der Waals surface area contributed by atoms with E-state index in [0.717, 1.165) is 33.9 Å². The van der Waals surface area contributed by atoms with Gasteiger partial charge in [-0.25, -0.2) is 9.97 Å². The Morgan fingerprint density at radius 1 is 0.508 bits per heavy atom.